The Bertz CT molecular complexity index is 325. The Kier molecular flexibility index (Phi) is 4.89. The molecule has 0 bridgehead atoms. The molecule has 0 saturated heterocycles. The molecule has 0 heterocycles. The quantitative estimate of drug-likeness (QED) is 0.543. The highest BCUT2D eigenvalue weighted by atomic mass is 127. The van der Waals surface area contributed by atoms with Crippen LogP contribution in [0.3, 0.4) is 0 Å². The smallest absolute Gasteiger partial charge is 0.147 e. The van der Waals surface area contributed by atoms with Crippen LogP contribution < -0.4 is 0 Å². The van der Waals surface area contributed by atoms with Crippen molar-refractivity contribution >= 4 is 60.2 Å². The molecule has 0 amide bonds. The van der Waals surface area contributed by atoms with Gasteiger partial charge in [-0.25, -0.2) is 0 Å². The van der Waals surface area contributed by atoms with Gasteiger partial charge in [0.25, 0.3) is 0 Å². The zero-order chi connectivity index (χ0) is 9.84. The molecule has 0 radical (unpaired) electrons. The number of benzene rings is 1. The lowest BCUT2D eigenvalue weighted by Gasteiger charge is -2.01. The monoisotopic (exact) mass is 416 g/mol. The van der Waals surface area contributed by atoms with Crippen LogP contribution >= 0.6 is 54.5 Å². The van der Waals surface area contributed by atoms with Gasteiger partial charge in [-0.15, -0.1) is 0 Å². The zero-order valence-corrected chi connectivity index (χ0v) is 12.0. The molecule has 1 nitrogen and oxygen atoms in total. The van der Waals surface area contributed by atoms with Gasteiger partial charge in [0.2, 0.25) is 0 Å². The molecule has 0 saturated carbocycles. The fraction of sp³-hybridized carbons (Fsp3) is 0.222. The molecule has 0 fully saturated rings. The minimum absolute atomic E-state index is 0.207. The Morgan fingerprint density at radius 1 is 1.46 bits per heavy atom. The van der Waals surface area contributed by atoms with Crippen LogP contribution in [-0.4, -0.2) is 11.1 Å². The molecule has 0 aliphatic heterocycles. The molecule has 0 atom stereocenters. The van der Waals surface area contributed by atoms with E-state index in [4.69, 9.17) is 0 Å². The van der Waals surface area contributed by atoms with E-state index in [-0.39, 0.29) is 5.78 Å². The summed E-state index contributed by atoms with van der Waals surface area (Å²) < 4.78 is 2.21. The number of halogens is 3. The van der Waals surface area contributed by atoms with E-state index in [2.05, 4.69) is 54.5 Å². The van der Waals surface area contributed by atoms with E-state index in [1.165, 1.54) is 0 Å². The number of Topliss-reactive ketones (excluding diaryl/α,β-unsaturated/α-hetero) is 1. The summed E-state index contributed by atoms with van der Waals surface area (Å²) in [6, 6.07) is 5.95. The second kappa shape index (κ2) is 5.46. The van der Waals surface area contributed by atoms with Crippen LogP contribution in [0.25, 0.3) is 0 Å². The molecule has 0 aliphatic carbocycles. The van der Waals surface area contributed by atoms with Gasteiger partial charge in [0.1, 0.15) is 5.78 Å². The van der Waals surface area contributed by atoms with Gasteiger partial charge >= 0.3 is 0 Å². The van der Waals surface area contributed by atoms with Gasteiger partial charge < -0.3 is 0 Å². The number of carbonyl (C=O) groups excluding carboxylic acids is 1. The molecule has 0 aromatic heterocycles. The van der Waals surface area contributed by atoms with Crippen LogP contribution in [0, 0.1) is 3.57 Å². The van der Waals surface area contributed by atoms with Crippen LogP contribution in [0.2, 0.25) is 0 Å². The summed E-state index contributed by atoms with van der Waals surface area (Å²) in [6.07, 6.45) is 0.508. The topological polar surface area (TPSA) is 17.1 Å². The molecule has 1 aromatic rings. The summed E-state index contributed by atoms with van der Waals surface area (Å²) in [5.74, 6) is 0.207. The Hall–Kier alpha value is 0.580. The highest BCUT2D eigenvalue weighted by Crippen LogP contribution is 2.20. The van der Waals surface area contributed by atoms with Crippen LogP contribution in [0.5, 0.6) is 0 Å². The lowest BCUT2D eigenvalue weighted by atomic mass is 10.1. The molecule has 0 unspecified atom stereocenters. The van der Waals surface area contributed by atoms with E-state index in [0.29, 0.717) is 11.8 Å². The number of ketones is 1. The fourth-order valence-electron chi connectivity index (χ4n) is 0.925. The maximum absolute atomic E-state index is 11.1. The normalized spacial score (nSPS) is 10.1. The van der Waals surface area contributed by atoms with Crippen molar-refractivity contribution in [3.63, 3.8) is 0 Å². The number of hydrogen-bond donors (Lipinski definition) is 0. The third-order valence-electron chi connectivity index (χ3n) is 1.53. The minimum Gasteiger partial charge on any atom is -0.298 e. The van der Waals surface area contributed by atoms with Crippen molar-refractivity contribution in [1.29, 1.82) is 0 Å². The Balaban J connectivity index is 2.79. The largest absolute Gasteiger partial charge is 0.298 e. The van der Waals surface area contributed by atoms with E-state index in [9.17, 15) is 4.79 Å². The van der Waals surface area contributed by atoms with E-state index in [0.717, 1.165) is 13.6 Å². The number of hydrogen-bond acceptors (Lipinski definition) is 1. The van der Waals surface area contributed by atoms with E-state index in [1.807, 2.05) is 18.2 Å². The third kappa shape index (κ3) is 3.67. The maximum Gasteiger partial charge on any atom is 0.147 e. The first-order valence-corrected chi connectivity index (χ1v) is 6.64. The molecule has 4 heteroatoms. The molecule has 0 aliphatic rings. The van der Waals surface area contributed by atoms with Crippen LogP contribution in [0.1, 0.15) is 5.56 Å². The van der Waals surface area contributed by atoms with Crippen molar-refractivity contribution in [1.82, 2.24) is 0 Å². The Morgan fingerprint density at radius 2 is 2.15 bits per heavy atom. The molecule has 0 spiro atoms. The van der Waals surface area contributed by atoms with Gasteiger partial charge in [0.15, 0.2) is 0 Å². The SMILES string of the molecule is O=C(CBr)Cc1ccc(Br)c(I)c1. The first-order valence-electron chi connectivity index (χ1n) is 3.65. The van der Waals surface area contributed by atoms with Crippen LogP contribution in [-0.2, 0) is 11.2 Å². The molecule has 70 valence electrons. The second-order valence-electron chi connectivity index (χ2n) is 2.60. The molecular formula is C9H7Br2IO. The highest BCUT2D eigenvalue weighted by Gasteiger charge is 2.03. The number of carbonyl (C=O) groups is 1. The maximum atomic E-state index is 11.1. The first-order chi connectivity index (χ1) is 6.13. The third-order valence-corrected chi connectivity index (χ3v) is 4.49. The van der Waals surface area contributed by atoms with Crippen LogP contribution in [0.15, 0.2) is 22.7 Å². The van der Waals surface area contributed by atoms with Gasteiger partial charge in [-0.2, -0.15) is 0 Å². The summed E-state index contributed by atoms with van der Waals surface area (Å²) in [6.45, 7) is 0. The predicted octanol–water partition coefficient (Wildman–Crippen LogP) is 3.56. The molecule has 1 aromatic carbocycles. The minimum atomic E-state index is 0.207. The van der Waals surface area contributed by atoms with Gasteiger partial charge in [-0.1, -0.05) is 22.0 Å². The molecule has 0 N–H and O–H groups in total. The van der Waals surface area contributed by atoms with Gasteiger partial charge in [0.05, 0.1) is 5.33 Å². The molecule has 1 rings (SSSR count). The zero-order valence-electron chi connectivity index (χ0n) is 6.69. The van der Waals surface area contributed by atoms with Crippen molar-refractivity contribution in [2.45, 2.75) is 6.42 Å². The Morgan fingerprint density at radius 3 is 2.69 bits per heavy atom. The predicted molar refractivity (Wildman–Crippen MR) is 69.4 cm³/mol. The van der Waals surface area contributed by atoms with Crippen molar-refractivity contribution in [2.75, 3.05) is 5.33 Å². The average molecular weight is 418 g/mol. The average Bonchev–Trinajstić information content (AvgIpc) is 2.11. The van der Waals surface area contributed by atoms with Crippen LogP contribution in [0.4, 0.5) is 0 Å². The first kappa shape index (κ1) is 11.7. The standard InChI is InChI=1S/C9H7Br2IO/c10-5-7(13)3-6-1-2-8(11)9(12)4-6/h1-2,4H,3,5H2. The van der Waals surface area contributed by atoms with Gasteiger partial charge in [-0.3, -0.25) is 4.79 Å². The second-order valence-corrected chi connectivity index (χ2v) is 5.17. The van der Waals surface area contributed by atoms with Crippen molar-refractivity contribution < 1.29 is 4.79 Å². The summed E-state index contributed by atoms with van der Waals surface area (Å²) in [7, 11) is 0. The van der Waals surface area contributed by atoms with Crippen molar-refractivity contribution in [3.05, 3.63) is 31.8 Å². The van der Waals surface area contributed by atoms with E-state index >= 15 is 0 Å². The van der Waals surface area contributed by atoms with Crippen molar-refractivity contribution in [3.8, 4) is 0 Å². The molecule has 13 heavy (non-hydrogen) atoms. The number of rotatable bonds is 3. The summed E-state index contributed by atoms with van der Waals surface area (Å²) in [4.78, 5) is 11.1. The summed E-state index contributed by atoms with van der Waals surface area (Å²) >= 11 is 8.79. The number of alkyl halides is 1. The van der Waals surface area contributed by atoms with Gasteiger partial charge in [0, 0.05) is 14.5 Å². The lowest BCUT2D eigenvalue weighted by molar-refractivity contribution is -0.115. The summed E-state index contributed by atoms with van der Waals surface area (Å²) in [5.41, 5.74) is 1.07. The highest BCUT2D eigenvalue weighted by molar-refractivity contribution is 14.1. The molecular weight excluding hydrogens is 411 g/mol. The fourth-order valence-corrected chi connectivity index (χ4v) is 1.95. The van der Waals surface area contributed by atoms with Gasteiger partial charge in [-0.05, 0) is 56.2 Å². The van der Waals surface area contributed by atoms with E-state index < -0.39 is 0 Å². The van der Waals surface area contributed by atoms with E-state index in [1.54, 1.807) is 0 Å². The Labute approximate surface area is 108 Å². The summed E-state index contributed by atoms with van der Waals surface area (Å²) in [5, 5.41) is 0.430. The lowest BCUT2D eigenvalue weighted by Crippen LogP contribution is -2.03. The van der Waals surface area contributed by atoms with Crippen molar-refractivity contribution in [2.24, 2.45) is 0 Å².